The first-order valence-electron chi connectivity index (χ1n) is 9.60. The molecule has 0 radical (unpaired) electrons. The highest BCUT2D eigenvalue weighted by Gasteiger charge is 2.31. The molecule has 6 nitrogen and oxygen atoms in total. The number of ether oxygens (including phenoxy) is 1. The third-order valence-electron chi connectivity index (χ3n) is 5.30. The molecule has 1 aliphatic heterocycles. The number of benzene rings is 2. The minimum atomic E-state index is -4.75. The van der Waals surface area contributed by atoms with Crippen LogP contribution in [-0.2, 0) is 16.3 Å². The molecular formula is C21H21F3N2O4S. The van der Waals surface area contributed by atoms with E-state index >= 15 is 0 Å². The van der Waals surface area contributed by atoms with Crippen LogP contribution >= 0.6 is 0 Å². The van der Waals surface area contributed by atoms with E-state index in [1.807, 2.05) is 4.31 Å². The molecule has 1 unspecified atom stereocenters. The van der Waals surface area contributed by atoms with Crippen LogP contribution in [0.4, 0.5) is 13.2 Å². The number of halogens is 3. The van der Waals surface area contributed by atoms with Crippen LogP contribution in [0, 0.1) is 0 Å². The van der Waals surface area contributed by atoms with Gasteiger partial charge in [0, 0.05) is 35.1 Å². The molecule has 2 atom stereocenters. The largest absolute Gasteiger partial charge is 0.573 e. The van der Waals surface area contributed by atoms with Gasteiger partial charge in [-0.15, -0.1) is 13.2 Å². The first-order valence-corrected chi connectivity index (χ1v) is 11.7. The second-order valence-electron chi connectivity index (χ2n) is 7.63. The average molecular weight is 454 g/mol. The number of oxazole rings is 1. The Balaban J connectivity index is 1.66. The predicted octanol–water partition coefficient (Wildman–Crippen LogP) is 3.89. The van der Waals surface area contributed by atoms with E-state index in [0.717, 1.165) is 12.8 Å². The summed E-state index contributed by atoms with van der Waals surface area (Å²) < 4.78 is 62.1. The first kappa shape index (κ1) is 21.5. The molecule has 1 fully saturated rings. The number of rotatable bonds is 5. The van der Waals surface area contributed by atoms with Crippen molar-refractivity contribution in [3.63, 3.8) is 0 Å². The van der Waals surface area contributed by atoms with Gasteiger partial charge in [-0.3, -0.25) is 8.78 Å². The zero-order chi connectivity index (χ0) is 22.4. The van der Waals surface area contributed by atoms with E-state index < -0.39 is 21.8 Å². The lowest BCUT2D eigenvalue weighted by Gasteiger charge is -2.25. The lowest BCUT2D eigenvalue weighted by Crippen LogP contribution is -2.38. The molecule has 2 heterocycles. The minimum absolute atomic E-state index is 0.101. The molecule has 0 amide bonds. The van der Waals surface area contributed by atoms with Crippen LogP contribution in [0.15, 0.2) is 51.7 Å². The summed E-state index contributed by atoms with van der Waals surface area (Å²) in [6.45, 7) is 0.972. The van der Waals surface area contributed by atoms with Crippen LogP contribution in [0.2, 0.25) is 0 Å². The summed E-state index contributed by atoms with van der Waals surface area (Å²) in [4.78, 5) is 12.5. The Hall–Kier alpha value is -2.72. The van der Waals surface area contributed by atoms with E-state index in [4.69, 9.17) is 4.42 Å². The highest BCUT2D eigenvalue weighted by molar-refractivity contribution is 7.97. The molecule has 4 rings (SSSR count). The highest BCUT2D eigenvalue weighted by Crippen LogP contribution is 2.29. The first-order chi connectivity index (χ1) is 14.5. The third kappa shape index (κ3) is 4.64. The van der Waals surface area contributed by atoms with Gasteiger partial charge in [0.15, 0.2) is 5.58 Å². The highest BCUT2D eigenvalue weighted by atomic mass is 32.2. The lowest BCUT2D eigenvalue weighted by molar-refractivity contribution is -0.274. The van der Waals surface area contributed by atoms with Crippen LogP contribution in [0.3, 0.4) is 0 Å². The van der Waals surface area contributed by atoms with Gasteiger partial charge in [-0.05, 0) is 54.1 Å². The summed E-state index contributed by atoms with van der Waals surface area (Å²) >= 11 is 0. The van der Waals surface area contributed by atoms with Crippen molar-refractivity contribution in [2.24, 2.45) is 0 Å². The van der Waals surface area contributed by atoms with Crippen molar-refractivity contribution in [2.45, 2.75) is 31.8 Å². The fourth-order valence-electron chi connectivity index (χ4n) is 3.97. The van der Waals surface area contributed by atoms with E-state index in [2.05, 4.69) is 10.6 Å². The summed E-state index contributed by atoms with van der Waals surface area (Å²) in [6.07, 6.45) is -1.50. The summed E-state index contributed by atoms with van der Waals surface area (Å²) in [5.74, 6) is 2.94. The Bertz CT molecular complexity index is 1260. The van der Waals surface area contributed by atoms with Crippen molar-refractivity contribution < 1.29 is 26.5 Å². The van der Waals surface area contributed by atoms with Crippen molar-refractivity contribution in [1.82, 2.24) is 8.87 Å². The van der Waals surface area contributed by atoms with Gasteiger partial charge in [0.05, 0.1) is 5.52 Å². The molecule has 1 aromatic heterocycles. The van der Waals surface area contributed by atoms with Crippen molar-refractivity contribution >= 4 is 26.7 Å². The number of fused-ring (bicyclic) bond motifs is 1. The standard InChI is InChI=1S/C21H21F3N2O4S/c1-31(2,28)26-11-3-4-16(26)13-25-18-12-15(7-10-19(18)29-20(25)27)14-5-8-17(9-6-14)30-21(22,23)24/h5-10,12,16H,1,3-4,11,13H2,2H3/t16-,31?/m0/s1. The Labute approximate surface area is 177 Å². The quantitative estimate of drug-likeness (QED) is 0.549. The molecule has 0 aliphatic carbocycles. The fraction of sp³-hybridized carbons (Fsp3) is 0.333. The normalized spacial score (nSPS) is 19.5. The maximum Gasteiger partial charge on any atom is 0.573 e. The monoisotopic (exact) mass is 454 g/mol. The molecule has 0 saturated carbocycles. The van der Waals surface area contributed by atoms with Crippen LogP contribution < -0.4 is 10.5 Å². The summed E-state index contributed by atoms with van der Waals surface area (Å²) in [6, 6.07) is 10.5. The number of hydrogen-bond acceptors (Lipinski definition) is 4. The van der Waals surface area contributed by atoms with Crippen LogP contribution in [0.25, 0.3) is 22.2 Å². The maximum absolute atomic E-state index is 12.5. The topological polar surface area (TPSA) is 64.7 Å². The van der Waals surface area contributed by atoms with Crippen LogP contribution in [0.1, 0.15) is 12.8 Å². The number of alkyl halides is 3. The SMILES string of the molecule is C=S(C)(=O)N1CCC[C@H]1Cn1c(=O)oc2ccc(-c3ccc(OC(F)(F)F)cc3)cc21. The summed E-state index contributed by atoms with van der Waals surface area (Å²) in [5, 5.41) is 0. The fourth-order valence-corrected chi connectivity index (χ4v) is 5.29. The maximum atomic E-state index is 12.5. The van der Waals surface area contributed by atoms with Crippen molar-refractivity contribution in [3.05, 3.63) is 53.0 Å². The van der Waals surface area contributed by atoms with Crippen molar-refractivity contribution in [1.29, 1.82) is 0 Å². The Kier molecular flexibility index (Phi) is 5.38. The number of nitrogens with zero attached hydrogens (tertiary/aromatic N) is 2. The molecule has 10 heteroatoms. The Morgan fingerprint density at radius 3 is 2.52 bits per heavy atom. The number of hydrogen-bond donors (Lipinski definition) is 0. The van der Waals surface area contributed by atoms with Gasteiger partial charge < -0.3 is 9.15 Å². The summed E-state index contributed by atoms with van der Waals surface area (Å²) in [5.41, 5.74) is 2.34. The van der Waals surface area contributed by atoms with Crippen molar-refractivity contribution in [3.8, 4) is 16.9 Å². The van der Waals surface area contributed by atoms with Gasteiger partial charge >= 0.3 is 12.1 Å². The van der Waals surface area contributed by atoms with Gasteiger partial charge in [-0.1, -0.05) is 18.2 Å². The van der Waals surface area contributed by atoms with Gasteiger partial charge in [-0.25, -0.2) is 9.10 Å². The van der Waals surface area contributed by atoms with E-state index in [9.17, 15) is 22.2 Å². The molecule has 3 aromatic rings. The predicted molar refractivity (Wildman–Crippen MR) is 114 cm³/mol. The molecule has 2 aromatic carbocycles. The van der Waals surface area contributed by atoms with Gasteiger partial charge in [0.25, 0.3) is 0 Å². The lowest BCUT2D eigenvalue weighted by atomic mass is 10.1. The second-order valence-corrected chi connectivity index (χ2v) is 10.0. The molecule has 1 aliphatic rings. The van der Waals surface area contributed by atoms with E-state index in [1.54, 1.807) is 24.5 Å². The van der Waals surface area contributed by atoms with E-state index in [-0.39, 0.29) is 11.8 Å². The van der Waals surface area contributed by atoms with Gasteiger partial charge in [0.2, 0.25) is 0 Å². The van der Waals surface area contributed by atoms with E-state index in [0.29, 0.717) is 35.3 Å². The van der Waals surface area contributed by atoms with Gasteiger partial charge in [-0.2, -0.15) is 0 Å². The van der Waals surface area contributed by atoms with E-state index in [1.165, 1.54) is 28.8 Å². The molecule has 1 saturated heterocycles. The Morgan fingerprint density at radius 2 is 1.87 bits per heavy atom. The molecule has 166 valence electrons. The third-order valence-corrected chi connectivity index (χ3v) is 6.77. The smallest absolute Gasteiger partial charge is 0.408 e. The van der Waals surface area contributed by atoms with Crippen molar-refractivity contribution in [2.75, 3.05) is 12.8 Å². The molecular weight excluding hydrogens is 433 g/mol. The Morgan fingerprint density at radius 1 is 1.19 bits per heavy atom. The second kappa shape index (κ2) is 7.76. The van der Waals surface area contributed by atoms with Crippen LogP contribution in [-0.4, -0.2) is 44.2 Å². The molecule has 0 spiro atoms. The zero-order valence-electron chi connectivity index (χ0n) is 16.7. The van der Waals surface area contributed by atoms with Crippen LogP contribution in [0.5, 0.6) is 5.75 Å². The molecule has 0 bridgehead atoms. The zero-order valence-corrected chi connectivity index (χ0v) is 17.5. The van der Waals surface area contributed by atoms with Gasteiger partial charge in [0.1, 0.15) is 5.75 Å². The summed E-state index contributed by atoms with van der Waals surface area (Å²) in [7, 11) is -2.39. The average Bonchev–Trinajstić information content (AvgIpc) is 3.26. The molecule has 31 heavy (non-hydrogen) atoms. The number of aromatic nitrogens is 1. The minimum Gasteiger partial charge on any atom is -0.408 e. The molecule has 0 N–H and O–H groups in total.